The summed E-state index contributed by atoms with van der Waals surface area (Å²) in [6.45, 7) is 0.859. The number of rotatable bonds is 2. The Kier molecular flexibility index (Phi) is 2.81. The number of ether oxygens (including phenoxy) is 2. The molecule has 0 saturated heterocycles. The van der Waals surface area contributed by atoms with Crippen LogP contribution in [0, 0.1) is 0 Å². The van der Waals surface area contributed by atoms with Crippen molar-refractivity contribution >= 4 is 22.7 Å². The monoisotopic (exact) mass is 247 g/mol. The van der Waals surface area contributed by atoms with E-state index in [2.05, 4.69) is 15.2 Å². The Hall–Kier alpha value is -1.79. The molecule has 0 N–H and O–H groups in total. The van der Waals surface area contributed by atoms with Gasteiger partial charge in [0, 0.05) is 17.3 Å². The number of aliphatic imine (C=N–C) groups is 1. The predicted octanol–water partition coefficient (Wildman–Crippen LogP) is 2.16. The van der Waals surface area contributed by atoms with Crippen molar-refractivity contribution in [2.45, 2.75) is 6.61 Å². The van der Waals surface area contributed by atoms with Crippen LogP contribution in [0.3, 0.4) is 0 Å². The molecule has 0 saturated carbocycles. The van der Waals surface area contributed by atoms with Crippen molar-refractivity contribution in [3.63, 3.8) is 0 Å². The number of benzene rings is 1. The van der Waals surface area contributed by atoms with E-state index in [1.54, 1.807) is 11.7 Å². The van der Waals surface area contributed by atoms with Crippen LogP contribution in [0.15, 0.2) is 28.7 Å². The maximum atomic E-state index is 5.39. The Balaban J connectivity index is 1.93. The lowest BCUT2D eigenvalue weighted by Crippen LogP contribution is -2.12. The molecule has 2 heterocycles. The summed E-state index contributed by atoms with van der Waals surface area (Å²) in [5, 5.41) is 8.22. The van der Waals surface area contributed by atoms with Crippen LogP contribution in [0.1, 0.15) is 11.1 Å². The van der Waals surface area contributed by atoms with Crippen LogP contribution < -0.4 is 4.74 Å². The first kappa shape index (κ1) is 10.4. The largest absolute Gasteiger partial charge is 0.467 e. The molecular formula is C11H9N3O2S. The van der Waals surface area contributed by atoms with Gasteiger partial charge in [-0.2, -0.15) is 0 Å². The van der Waals surface area contributed by atoms with Crippen molar-refractivity contribution in [2.24, 2.45) is 4.99 Å². The van der Waals surface area contributed by atoms with E-state index in [-0.39, 0.29) is 0 Å². The minimum atomic E-state index is 0.310. The van der Waals surface area contributed by atoms with Gasteiger partial charge in [-0.15, -0.1) is 10.2 Å². The van der Waals surface area contributed by atoms with Crippen molar-refractivity contribution in [1.82, 2.24) is 10.2 Å². The molecule has 1 aliphatic rings. The average molecular weight is 247 g/mol. The lowest BCUT2D eigenvalue weighted by atomic mass is 10.1. The van der Waals surface area contributed by atoms with E-state index >= 15 is 0 Å². The summed E-state index contributed by atoms with van der Waals surface area (Å²) in [7, 11) is 0. The average Bonchev–Trinajstić information content (AvgIpc) is 2.89. The van der Waals surface area contributed by atoms with Crippen molar-refractivity contribution in [2.75, 3.05) is 6.79 Å². The predicted molar refractivity (Wildman–Crippen MR) is 63.9 cm³/mol. The van der Waals surface area contributed by atoms with E-state index < -0.39 is 0 Å². The Morgan fingerprint density at radius 1 is 1.41 bits per heavy atom. The van der Waals surface area contributed by atoms with Gasteiger partial charge in [0.25, 0.3) is 0 Å². The fourth-order valence-corrected chi connectivity index (χ4v) is 1.99. The Bertz CT molecular complexity index is 540. The fraction of sp³-hybridized carbons (Fsp3) is 0.182. The number of hydrogen-bond acceptors (Lipinski definition) is 6. The minimum Gasteiger partial charge on any atom is -0.467 e. The Labute approximate surface area is 102 Å². The zero-order valence-electron chi connectivity index (χ0n) is 8.87. The van der Waals surface area contributed by atoms with Crippen LogP contribution in [-0.4, -0.2) is 23.2 Å². The molecule has 1 aromatic heterocycles. The lowest BCUT2D eigenvalue weighted by molar-refractivity contribution is -0.0164. The maximum Gasteiger partial charge on any atom is 0.231 e. The second-order valence-corrected chi connectivity index (χ2v) is 4.23. The summed E-state index contributed by atoms with van der Waals surface area (Å²) < 4.78 is 10.7. The van der Waals surface area contributed by atoms with Gasteiger partial charge in [-0.25, -0.2) is 4.99 Å². The highest BCUT2D eigenvalue weighted by Crippen LogP contribution is 2.26. The molecule has 1 aliphatic heterocycles. The summed E-state index contributed by atoms with van der Waals surface area (Å²) in [4.78, 5) is 4.25. The first-order valence-corrected chi connectivity index (χ1v) is 5.94. The molecule has 0 atom stereocenters. The molecule has 0 amide bonds. The summed E-state index contributed by atoms with van der Waals surface area (Å²) in [5.74, 6) is 0.859. The quantitative estimate of drug-likeness (QED) is 0.763. The molecule has 3 rings (SSSR count). The molecule has 17 heavy (non-hydrogen) atoms. The van der Waals surface area contributed by atoms with Crippen molar-refractivity contribution in [1.29, 1.82) is 0 Å². The summed E-state index contributed by atoms with van der Waals surface area (Å²) in [6, 6.07) is 5.84. The van der Waals surface area contributed by atoms with Gasteiger partial charge >= 0.3 is 0 Å². The van der Waals surface area contributed by atoms with Crippen LogP contribution >= 0.6 is 11.3 Å². The molecule has 0 bridgehead atoms. The fourth-order valence-electron chi connectivity index (χ4n) is 1.59. The lowest BCUT2D eigenvalue weighted by Gasteiger charge is -2.18. The zero-order chi connectivity index (χ0) is 11.5. The topological polar surface area (TPSA) is 56.6 Å². The second kappa shape index (κ2) is 4.60. The van der Waals surface area contributed by atoms with E-state index in [1.807, 2.05) is 18.2 Å². The minimum absolute atomic E-state index is 0.310. The van der Waals surface area contributed by atoms with E-state index in [0.717, 1.165) is 16.9 Å². The van der Waals surface area contributed by atoms with E-state index in [0.29, 0.717) is 18.5 Å². The second-order valence-electron chi connectivity index (χ2n) is 3.41. The molecule has 2 aromatic rings. The first-order chi connectivity index (χ1) is 8.43. The van der Waals surface area contributed by atoms with Gasteiger partial charge in [0.2, 0.25) is 5.13 Å². The number of fused-ring (bicyclic) bond motifs is 1. The third-order valence-electron chi connectivity index (χ3n) is 2.38. The van der Waals surface area contributed by atoms with Crippen LogP contribution in [0.4, 0.5) is 5.13 Å². The van der Waals surface area contributed by atoms with Crippen molar-refractivity contribution in [3.8, 4) is 5.75 Å². The molecule has 0 fully saturated rings. The molecule has 5 nitrogen and oxygen atoms in total. The Morgan fingerprint density at radius 3 is 3.29 bits per heavy atom. The third-order valence-corrected chi connectivity index (χ3v) is 2.97. The smallest absolute Gasteiger partial charge is 0.231 e. The number of hydrogen-bond donors (Lipinski definition) is 0. The molecule has 0 unspecified atom stereocenters. The number of aromatic nitrogens is 2. The van der Waals surface area contributed by atoms with Gasteiger partial charge in [0.15, 0.2) is 6.79 Å². The molecule has 0 spiro atoms. The van der Waals surface area contributed by atoms with Crippen LogP contribution in [0.2, 0.25) is 0 Å². The molecule has 1 aromatic carbocycles. The van der Waals surface area contributed by atoms with E-state index in [4.69, 9.17) is 9.47 Å². The molecule has 0 aliphatic carbocycles. The summed E-state index contributed by atoms with van der Waals surface area (Å²) in [6.07, 6.45) is 1.76. The number of nitrogens with zero attached hydrogens (tertiary/aromatic N) is 3. The highest BCUT2D eigenvalue weighted by molar-refractivity contribution is 7.13. The highest BCUT2D eigenvalue weighted by atomic mass is 32.1. The van der Waals surface area contributed by atoms with Gasteiger partial charge in [0.1, 0.15) is 11.3 Å². The molecular weight excluding hydrogens is 238 g/mol. The van der Waals surface area contributed by atoms with Gasteiger partial charge < -0.3 is 9.47 Å². The standard InChI is InChI=1S/C11H9N3O2S/c1-2-8(4-12-11-14-13-6-17-11)9-5-15-7-16-10(9)3-1/h1-4,6H,5,7H2. The Morgan fingerprint density at radius 2 is 2.41 bits per heavy atom. The highest BCUT2D eigenvalue weighted by Gasteiger charge is 2.13. The van der Waals surface area contributed by atoms with E-state index in [9.17, 15) is 0 Å². The maximum absolute atomic E-state index is 5.39. The van der Waals surface area contributed by atoms with Crippen molar-refractivity contribution < 1.29 is 9.47 Å². The van der Waals surface area contributed by atoms with Crippen LogP contribution in [0.25, 0.3) is 0 Å². The molecule has 6 heteroatoms. The van der Waals surface area contributed by atoms with Crippen LogP contribution in [-0.2, 0) is 11.3 Å². The van der Waals surface area contributed by atoms with Gasteiger partial charge in [0.05, 0.1) is 6.61 Å². The van der Waals surface area contributed by atoms with Gasteiger partial charge in [-0.05, 0) is 6.07 Å². The molecule has 0 radical (unpaired) electrons. The van der Waals surface area contributed by atoms with Crippen LogP contribution in [0.5, 0.6) is 5.75 Å². The van der Waals surface area contributed by atoms with Gasteiger partial charge in [-0.3, -0.25) is 0 Å². The SMILES string of the molecule is C(=Nc1nncs1)c1cccc2c1COCO2. The van der Waals surface area contributed by atoms with E-state index in [1.165, 1.54) is 11.3 Å². The van der Waals surface area contributed by atoms with Gasteiger partial charge in [-0.1, -0.05) is 23.5 Å². The third kappa shape index (κ3) is 2.17. The summed E-state index contributed by atoms with van der Waals surface area (Å²) >= 11 is 1.40. The zero-order valence-corrected chi connectivity index (χ0v) is 9.68. The summed E-state index contributed by atoms with van der Waals surface area (Å²) in [5.41, 5.74) is 3.66. The van der Waals surface area contributed by atoms with Crippen molar-refractivity contribution in [3.05, 3.63) is 34.8 Å². The first-order valence-electron chi connectivity index (χ1n) is 5.06. The normalized spacial score (nSPS) is 14.6. The molecule has 86 valence electrons.